The Morgan fingerprint density at radius 1 is 0.844 bits per heavy atom. The Hall–Kier alpha value is -3.99. The Labute approximate surface area is 187 Å². The molecule has 0 aliphatic rings. The van der Waals surface area contributed by atoms with Crippen molar-refractivity contribution >= 4 is 11.6 Å². The van der Waals surface area contributed by atoms with Gasteiger partial charge in [0.25, 0.3) is 11.5 Å². The fourth-order valence-corrected chi connectivity index (χ4v) is 3.87. The first-order valence-corrected chi connectivity index (χ1v) is 10.6. The zero-order valence-electron chi connectivity index (χ0n) is 18.4. The van der Waals surface area contributed by atoms with Crippen LogP contribution >= 0.6 is 0 Å². The first-order valence-electron chi connectivity index (χ1n) is 10.6. The predicted molar refractivity (Wildman–Crippen MR) is 129 cm³/mol. The summed E-state index contributed by atoms with van der Waals surface area (Å²) in [7, 11) is 0. The zero-order valence-corrected chi connectivity index (χ0v) is 18.4. The molecular weight excluding hydrogens is 398 g/mol. The van der Waals surface area contributed by atoms with E-state index in [2.05, 4.69) is 10.4 Å². The van der Waals surface area contributed by atoms with Gasteiger partial charge in [-0.05, 0) is 37.5 Å². The van der Waals surface area contributed by atoms with Gasteiger partial charge in [-0.25, -0.2) is 4.68 Å². The van der Waals surface area contributed by atoms with Crippen LogP contribution in [0.1, 0.15) is 28.4 Å². The molecule has 1 amide bonds. The number of benzene rings is 3. The molecule has 0 bridgehead atoms. The summed E-state index contributed by atoms with van der Waals surface area (Å²) in [5, 5.41) is 7.64. The number of carbonyl (C=O) groups excluding carboxylic acids is 1. The Kier molecular flexibility index (Phi) is 5.99. The van der Waals surface area contributed by atoms with Gasteiger partial charge in [-0.3, -0.25) is 9.59 Å². The molecule has 0 unspecified atom stereocenters. The molecule has 0 saturated heterocycles. The molecule has 0 spiro atoms. The number of amides is 1. The highest BCUT2D eigenvalue weighted by molar-refractivity contribution is 6.10. The molecule has 0 atom stereocenters. The number of hydrogen-bond acceptors (Lipinski definition) is 3. The number of aryl methyl sites for hydroxylation is 3. The fraction of sp³-hybridized carbons (Fsp3) is 0.148. The molecule has 4 rings (SSSR count). The zero-order chi connectivity index (χ0) is 22.7. The molecule has 5 heteroatoms. The van der Waals surface area contributed by atoms with E-state index in [-0.39, 0.29) is 5.56 Å². The molecular formula is C27H25N3O2. The maximum absolute atomic E-state index is 13.6. The Balaban J connectivity index is 2.00. The van der Waals surface area contributed by atoms with Crippen molar-refractivity contribution in [3.8, 4) is 22.4 Å². The monoisotopic (exact) mass is 423 g/mol. The molecule has 0 radical (unpaired) electrons. The predicted octanol–water partition coefficient (Wildman–Crippen LogP) is 5.47. The molecule has 0 aliphatic carbocycles. The largest absolute Gasteiger partial charge is 0.321 e. The van der Waals surface area contributed by atoms with E-state index in [0.717, 1.165) is 27.9 Å². The second-order valence-electron chi connectivity index (χ2n) is 7.67. The van der Waals surface area contributed by atoms with Crippen molar-refractivity contribution in [2.75, 3.05) is 5.32 Å². The van der Waals surface area contributed by atoms with Crippen LogP contribution in [0.2, 0.25) is 0 Å². The van der Waals surface area contributed by atoms with Crippen molar-refractivity contribution in [2.24, 2.45) is 0 Å². The van der Waals surface area contributed by atoms with Gasteiger partial charge in [0.15, 0.2) is 0 Å². The first kappa shape index (κ1) is 21.2. The fourth-order valence-electron chi connectivity index (χ4n) is 3.87. The van der Waals surface area contributed by atoms with Gasteiger partial charge in [0.05, 0.1) is 5.69 Å². The summed E-state index contributed by atoms with van der Waals surface area (Å²) in [6, 6.07) is 24.9. The summed E-state index contributed by atoms with van der Waals surface area (Å²) in [6.07, 6.45) is 0. The SMILES string of the molecule is CCn1nc(-c2ccccc2)c(-c2ccccc2)c(C(=O)Nc2c(C)cccc2C)c1=O. The molecule has 0 aliphatic heterocycles. The van der Waals surface area contributed by atoms with Crippen LogP contribution in [0.15, 0.2) is 83.7 Å². The highest BCUT2D eigenvalue weighted by Gasteiger charge is 2.25. The quantitative estimate of drug-likeness (QED) is 0.463. The molecule has 4 aromatic rings. The summed E-state index contributed by atoms with van der Waals surface area (Å²) >= 11 is 0. The van der Waals surface area contributed by atoms with Crippen LogP contribution in [0, 0.1) is 13.8 Å². The van der Waals surface area contributed by atoms with E-state index in [1.54, 1.807) is 0 Å². The van der Waals surface area contributed by atoms with E-state index >= 15 is 0 Å². The molecule has 1 N–H and O–H groups in total. The summed E-state index contributed by atoms with van der Waals surface area (Å²) < 4.78 is 1.36. The standard InChI is InChI=1S/C27H25N3O2/c1-4-30-27(32)23(26(31)28-24-18(2)12-11-13-19(24)3)22(20-14-7-5-8-15-20)25(29-30)21-16-9-6-10-17-21/h5-17H,4H2,1-3H3,(H,28,31). The lowest BCUT2D eigenvalue weighted by molar-refractivity contribution is 0.102. The van der Waals surface area contributed by atoms with Crippen LogP contribution in [0.5, 0.6) is 0 Å². The minimum Gasteiger partial charge on any atom is -0.321 e. The van der Waals surface area contributed by atoms with Gasteiger partial charge in [-0.15, -0.1) is 0 Å². The number of aromatic nitrogens is 2. The van der Waals surface area contributed by atoms with Gasteiger partial charge in [0, 0.05) is 23.4 Å². The van der Waals surface area contributed by atoms with Crippen molar-refractivity contribution in [3.05, 3.63) is 106 Å². The third kappa shape index (κ3) is 3.97. The molecule has 160 valence electrons. The van der Waals surface area contributed by atoms with Gasteiger partial charge in [0.2, 0.25) is 0 Å². The minimum atomic E-state index is -0.437. The van der Waals surface area contributed by atoms with E-state index in [4.69, 9.17) is 0 Å². The third-order valence-corrected chi connectivity index (χ3v) is 5.51. The van der Waals surface area contributed by atoms with E-state index in [0.29, 0.717) is 17.8 Å². The van der Waals surface area contributed by atoms with Gasteiger partial charge >= 0.3 is 0 Å². The highest BCUT2D eigenvalue weighted by atomic mass is 16.2. The van der Waals surface area contributed by atoms with Crippen molar-refractivity contribution in [1.29, 1.82) is 0 Å². The Morgan fingerprint density at radius 3 is 1.97 bits per heavy atom. The summed E-state index contributed by atoms with van der Waals surface area (Å²) in [6.45, 7) is 6.08. The molecule has 0 fully saturated rings. The summed E-state index contributed by atoms with van der Waals surface area (Å²) in [5.41, 5.74) is 5.03. The van der Waals surface area contributed by atoms with Gasteiger partial charge < -0.3 is 5.32 Å². The van der Waals surface area contributed by atoms with E-state index in [1.807, 2.05) is 99.6 Å². The highest BCUT2D eigenvalue weighted by Crippen LogP contribution is 2.32. The second kappa shape index (κ2) is 9.02. The maximum Gasteiger partial charge on any atom is 0.280 e. The normalized spacial score (nSPS) is 10.7. The summed E-state index contributed by atoms with van der Waals surface area (Å²) in [4.78, 5) is 27.1. The number of nitrogens with zero attached hydrogens (tertiary/aromatic N) is 2. The Bertz CT molecular complexity index is 1310. The molecule has 3 aromatic carbocycles. The number of para-hydroxylation sites is 1. The lowest BCUT2D eigenvalue weighted by atomic mass is 9.95. The molecule has 1 aromatic heterocycles. The van der Waals surface area contributed by atoms with Crippen LogP contribution < -0.4 is 10.9 Å². The molecule has 0 saturated carbocycles. The number of anilines is 1. The molecule has 1 heterocycles. The van der Waals surface area contributed by atoms with Crippen LogP contribution in [0.3, 0.4) is 0 Å². The van der Waals surface area contributed by atoms with Crippen LogP contribution in [-0.4, -0.2) is 15.7 Å². The van der Waals surface area contributed by atoms with Gasteiger partial charge in [0.1, 0.15) is 5.56 Å². The van der Waals surface area contributed by atoms with Crippen LogP contribution in [0.25, 0.3) is 22.4 Å². The minimum absolute atomic E-state index is 0.0922. The maximum atomic E-state index is 13.6. The van der Waals surface area contributed by atoms with Gasteiger partial charge in [-0.1, -0.05) is 78.9 Å². The van der Waals surface area contributed by atoms with Crippen molar-refractivity contribution < 1.29 is 4.79 Å². The van der Waals surface area contributed by atoms with Crippen molar-refractivity contribution in [1.82, 2.24) is 9.78 Å². The molecule has 5 nitrogen and oxygen atoms in total. The van der Waals surface area contributed by atoms with Crippen LogP contribution in [-0.2, 0) is 6.54 Å². The second-order valence-corrected chi connectivity index (χ2v) is 7.67. The lowest BCUT2D eigenvalue weighted by Gasteiger charge is -2.18. The summed E-state index contributed by atoms with van der Waals surface area (Å²) in [5.74, 6) is -0.437. The molecule has 32 heavy (non-hydrogen) atoms. The number of hydrogen-bond donors (Lipinski definition) is 1. The average molecular weight is 424 g/mol. The van der Waals surface area contributed by atoms with E-state index in [1.165, 1.54) is 4.68 Å². The number of nitrogens with one attached hydrogen (secondary N) is 1. The third-order valence-electron chi connectivity index (χ3n) is 5.51. The van der Waals surface area contributed by atoms with E-state index < -0.39 is 11.5 Å². The van der Waals surface area contributed by atoms with Crippen molar-refractivity contribution in [2.45, 2.75) is 27.3 Å². The lowest BCUT2D eigenvalue weighted by Crippen LogP contribution is -2.32. The smallest absolute Gasteiger partial charge is 0.280 e. The first-order chi connectivity index (χ1) is 15.5. The van der Waals surface area contributed by atoms with E-state index in [9.17, 15) is 9.59 Å². The van der Waals surface area contributed by atoms with Crippen molar-refractivity contribution in [3.63, 3.8) is 0 Å². The van der Waals surface area contributed by atoms with Gasteiger partial charge in [-0.2, -0.15) is 5.10 Å². The average Bonchev–Trinajstić information content (AvgIpc) is 2.82. The van der Waals surface area contributed by atoms with Crippen LogP contribution in [0.4, 0.5) is 5.69 Å². The number of carbonyl (C=O) groups is 1. The topological polar surface area (TPSA) is 64.0 Å². The number of rotatable bonds is 5. The Morgan fingerprint density at radius 2 is 1.41 bits per heavy atom.